The lowest BCUT2D eigenvalue weighted by atomic mass is 10.1. The molecule has 2 aromatic carbocycles. The largest absolute Gasteiger partial charge is 0.417 e. The number of thiophene rings is 1. The van der Waals surface area contributed by atoms with Crippen LogP contribution in [0.3, 0.4) is 0 Å². The van der Waals surface area contributed by atoms with E-state index >= 15 is 0 Å². The van der Waals surface area contributed by atoms with Crippen LogP contribution in [0.15, 0.2) is 44.9 Å². The van der Waals surface area contributed by atoms with Crippen LogP contribution >= 0.6 is 22.9 Å². The minimum absolute atomic E-state index is 0.185. The van der Waals surface area contributed by atoms with E-state index in [9.17, 15) is 9.18 Å². The van der Waals surface area contributed by atoms with E-state index in [0.717, 1.165) is 54.9 Å². The van der Waals surface area contributed by atoms with E-state index in [1.165, 1.54) is 11.6 Å². The van der Waals surface area contributed by atoms with Gasteiger partial charge in [0.15, 0.2) is 5.58 Å². The van der Waals surface area contributed by atoms with Crippen molar-refractivity contribution in [1.29, 1.82) is 0 Å². The Hall–Kier alpha value is -2.35. The second kappa shape index (κ2) is 7.48. The molecule has 150 valence electrons. The highest BCUT2D eigenvalue weighted by atomic mass is 35.5. The van der Waals surface area contributed by atoms with Gasteiger partial charge in [0, 0.05) is 42.4 Å². The van der Waals surface area contributed by atoms with Gasteiger partial charge in [0.2, 0.25) is 0 Å². The van der Waals surface area contributed by atoms with E-state index in [4.69, 9.17) is 16.0 Å². The lowest BCUT2D eigenvalue weighted by molar-refractivity contribution is 0.261. The van der Waals surface area contributed by atoms with Gasteiger partial charge in [0.25, 0.3) is 0 Å². The molecule has 0 bridgehead atoms. The monoisotopic (exact) mass is 431 g/mol. The third-order valence-corrected chi connectivity index (χ3v) is 6.72. The van der Waals surface area contributed by atoms with Crippen molar-refractivity contribution in [3.8, 4) is 0 Å². The molecular weight excluding hydrogens is 413 g/mol. The fraction of sp³-hybridized carbons (Fsp3) is 0.286. The molecule has 2 aromatic heterocycles. The number of hydrogen-bond acceptors (Lipinski definition) is 5. The quantitative estimate of drug-likeness (QED) is 0.517. The van der Waals surface area contributed by atoms with Crippen LogP contribution < -0.4 is 10.7 Å². The van der Waals surface area contributed by atoms with Gasteiger partial charge < -0.3 is 9.32 Å². The number of H-pyrrole nitrogens is 1. The molecule has 0 unspecified atom stereocenters. The maximum Gasteiger partial charge on any atom is 0.417 e. The van der Waals surface area contributed by atoms with Gasteiger partial charge in [0.05, 0.1) is 11.2 Å². The molecule has 0 amide bonds. The van der Waals surface area contributed by atoms with E-state index in [1.54, 1.807) is 23.5 Å². The number of rotatable bonds is 4. The minimum atomic E-state index is -0.471. The number of nitrogens with zero attached hydrogens (tertiary/aromatic N) is 2. The summed E-state index contributed by atoms with van der Waals surface area (Å²) in [7, 11) is 0. The fourth-order valence-electron chi connectivity index (χ4n) is 3.98. The van der Waals surface area contributed by atoms with E-state index in [1.807, 2.05) is 12.1 Å². The average molecular weight is 432 g/mol. The van der Waals surface area contributed by atoms with Gasteiger partial charge in [-0.25, -0.2) is 9.18 Å². The first-order chi connectivity index (χ1) is 14.1. The van der Waals surface area contributed by atoms with Crippen molar-refractivity contribution in [2.75, 3.05) is 37.6 Å². The maximum atomic E-state index is 13.6. The molecule has 1 aliphatic heterocycles. The highest BCUT2D eigenvalue weighted by molar-refractivity contribution is 7.17. The Labute approximate surface area is 175 Å². The van der Waals surface area contributed by atoms with Crippen LogP contribution in [0, 0.1) is 5.82 Å². The lowest BCUT2D eigenvalue weighted by Crippen LogP contribution is -2.47. The van der Waals surface area contributed by atoms with Gasteiger partial charge in [-0.15, -0.1) is 11.3 Å². The minimum Gasteiger partial charge on any atom is -0.406 e. The summed E-state index contributed by atoms with van der Waals surface area (Å²) >= 11 is 7.89. The van der Waals surface area contributed by atoms with Crippen molar-refractivity contribution in [2.24, 2.45) is 0 Å². The standard InChI is InChI=1S/C21H19ClFN3O2S/c22-14-9-17-20(28-21(27)24-17)18(10-14)26-7-5-25(6-8-26)4-3-13-12-29-19-2-1-15(23)11-16(13)19/h1-2,9-12H,3-8H2,(H,24,27). The second-order valence-corrected chi connectivity index (χ2v) is 8.64. The third kappa shape index (κ3) is 3.66. The Morgan fingerprint density at radius 1 is 1.17 bits per heavy atom. The number of aromatic nitrogens is 1. The van der Waals surface area contributed by atoms with Crippen molar-refractivity contribution in [1.82, 2.24) is 9.88 Å². The molecule has 5 nitrogen and oxygen atoms in total. The molecule has 3 heterocycles. The van der Waals surface area contributed by atoms with E-state index in [0.29, 0.717) is 16.1 Å². The zero-order valence-electron chi connectivity index (χ0n) is 15.6. The van der Waals surface area contributed by atoms with Crippen molar-refractivity contribution < 1.29 is 8.81 Å². The number of halogens is 2. The molecular formula is C21H19ClFN3O2S. The Kier molecular flexibility index (Phi) is 4.81. The van der Waals surface area contributed by atoms with Gasteiger partial charge in [0.1, 0.15) is 5.82 Å². The van der Waals surface area contributed by atoms with Crippen LogP contribution in [0.2, 0.25) is 5.02 Å². The molecule has 29 heavy (non-hydrogen) atoms. The molecule has 1 saturated heterocycles. The molecule has 0 spiro atoms. The van der Waals surface area contributed by atoms with Gasteiger partial charge in [-0.05, 0) is 53.1 Å². The first kappa shape index (κ1) is 18.7. The zero-order chi connectivity index (χ0) is 20.0. The number of hydrogen-bond donors (Lipinski definition) is 1. The fourth-order valence-corrected chi connectivity index (χ4v) is 5.17. The highest BCUT2D eigenvalue weighted by Crippen LogP contribution is 2.30. The molecule has 0 saturated carbocycles. The number of anilines is 1. The Morgan fingerprint density at radius 2 is 2.00 bits per heavy atom. The maximum absolute atomic E-state index is 13.6. The van der Waals surface area contributed by atoms with Crippen LogP contribution in [-0.2, 0) is 6.42 Å². The average Bonchev–Trinajstić information content (AvgIpc) is 3.28. The molecule has 0 atom stereocenters. The number of benzene rings is 2. The lowest BCUT2D eigenvalue weighted by Gasteiger charge is -2.36. The third-order valence-electron chi connectivity index (χ3n) is 5.49. The Balaban J connectivity index is 1.26. The summed E-state index contributed by atoms with van der Waals surface area (Å²) in [5.74, 6) is -0.656. The summed E-state index contributed by atoms with van der Waals surface area (Å²) in [6.45, 7) is 4.38. The Bertz CT molecular complexity index is 1240. The smallest absolute Gasteiger partial charge is 0.406 e. The summed E-state index contributed by atoms with van der Waals surface area (Å²) in [5, 5.41) is 3.73. The Morgan fingerprint density at radius 3 is 2.83 bits per heavy atom. The van der Waals surface area contributed by atoms with E-state index in [-0.39, 0.29) is 5.82 Å². The highest BCUT2D eigenvalue weighted by Gasteiger charge is 2.21. The van der Waals surface area contributed by atoms with Gasteiger partial charge >= 0.3 is 5.76 Å². The van der Waals surface area contributed by atoms with E-state index < -0.39 is 5.76 Å². The summed E-state index contributed by atoms with van der Waals surface area (Å²) in [4.78, 5) is 18.9. The number of nitrogens with one attached hydrogen (secondary N) is 1. The van der Waals surface area contributed by atoms with Crippen LogP contribution in [0.1, 0.15) is 5.56 Å². The van der Waals surface area contributed by atoms with Gasteiger partial charge in [-0.2, -0.15) is 0 Å². The van der Waals surface area contributed by atoms with Crippen LogP contribution in [0.5, 0.6) is 0 Å². The summed E-state index contributed by atoms with van der Waals surface area (Å²) in [6.07, 6.45) is 0.900. The molecule has 1 aliphatic rings. The van der Waals surface area contributed by atoms with Crippen molar-refractivity contribution >= 4 is 49.8 Å². The van der Waals surface area contributed by atoms with Gasteiger partial charge in [-0.1, -0.05) is 11.6 Å². The molecule has 8 heteroatoms. The van der Waals surface area contributed by atoms with Crippen molar-refractivity contribution in [3.05, 3.63) is 62.7 Å². The number of aromatic amines is 1. The first-order valence-electron chi connectivity index (χ1n) is 9.52. The summed E-state index contributed by atoms with van der Waals surface area (Å²) in [6, 6.07) is 8.55. The number of oxazole rings is 1. The second-order valence-electron chi connectivity index (χ2n) is 7.30. The number of piperazine rings is 1. The molecule has 0 radical (unpaired) electrons. The first-order valence-corrected chi connectivity index (χ1v) is 10.8. The van der Waals surface area contributed by atoms with Gasteiger partial charge in [-0.3, -0.25) is 9.88 Å². The molecule has 1 fully saturated rings. The van der Waals surface area contributed by atoms with Crippen LogP contribution in [0.25, 0.3) is 21.2 Å². The molecule has 5 rings (SSSR count). The molecule has 4 aromatic rings. The topological polar surface area (TPSA) is 52.5 Å². The van der Waals surface area contributed by atoms with Crippen molar-refractivity contribution in [3.63, 3.8) is 0 Å². The molecule has 1 N–H and O–H groups in total. The normalized spacial score (nSPS) is 15.6. The summed E-state index contributed by atoms with van der Waals surface area (Å²) < 4.78 is 20.0. The number of fused-ring (bicyclic) bond motifs is 2. The summed E-state index contributed by atoms with van der Waals surface area (Å²) in [5.41, 5.74) is 3.23. The van der Waals surface area contributed by atoms with Crippen molar-refractivity contribution in [2.45, 2.75) is 6.42 Å². The zero-order valence-corrected chi connectivity index (χ0v) is 17.2. The van der Waals surface area contributed by atoms with E-state index in [2.05, 4.69) is 20.2 Å². The predicted molar refractivity (Wildman–Crippen MR) is 116 cm³/mol. The predicted octanol–water partition coefficient (Wildman–Crippen LogP) is 4.49. The van der Waals surface area contributed by atoms with Crippen LogP contribution in [0.4, 0.5) is 10.1 Å². The van der Waals surface area contributed by atoms with Crippen LogP contribution in [-0.4, -0.2) is 42.6 Å². The SMILES string of the molecule is O=c1[nH]c2cc(Cl)cc(N3CCN(CCc4csc5ccc(F)cc45)CC3)c2o1. The molecule has 0 aliphatic carbocycles.